The van der Waals surface area contributed by atoms with Crippen molar-refractivity contribution in [2.24, 2.45) is 0 Å². The van der Waals surface area contributed by atoms with Gasteiger partial charge in [-0.15, -0.1) is 11.3 Å². The van der Waals surface area contributed by atoms with Crippen LogP contribution in [0.25, 0.3) is 10.2 Å². The molecule has 3 heterocycles. The van der Waals surface area contributed by atoms with Crippen LogP contribution >= 0.6 is 11.3 Å². The molecule has 0 amide bonds. The Morgan fingerprint density at radius 2 is 2.24 bits per heavy atom. The molecule has 0 unspecified atom stereocenters. The number of hydrogen-bond acceptors (Lipinski definition) is 6. The van der Waals surface area contributed by atoms with E-state index in [1.807, 2.05) is 26.1 Å². The van der Waals surface area contributed by atoms with Crippen LogP contribution in [0.5, 0.6) is 0 Å². The highest BCUT2D eigenvalue weighted by atomic mass is 32.1. The van der Waals surface area contributed by atoms with Crippen LogP contribution in [0.3, 0.4) is 0 Å². The predicted octanol–water partition coefficient (Wildman–Crippen LogP) is 3.66. The lowest BCUT2D eigenvalue weighted by molar-refractivity contribution is 0.507. The normalized spacial score (nSPS) is 11.0. The first-order valence-corrected chi connectivity index (χ1v) is 7.74. The van der Waals surface area contributed by atoms with Crippen molar-refractivity contribution >= 4 is 33.3 Å². The minimum Gasteiger partial charge on any atom is -0.467 e. The van der Waals surface area contributed by atoms with E-state index in [9.17, 15) is 0 Å². The van der Waals surface area contributed by atoms with Crippen molar-refractivity contribution in [2.45, 2.75) is 20.4 Å². The van der Waals surface area contributed by atoms with Crippen molar-refractivity contribution in [3.63, 3.8) is 0 Å². The summed E-state index contributed by atoms with van der Waals surface area (Å²) in [5, 5.41) is 4.29. The third-order valence-electron chi connectivity index (χ3n) is 3.17. The Morgan fingerprint density at radius 1 is 1.38 bits per heavy atom. The number of thiophene rings is 1. The van der Waals surface area contributed by atoms with Crippen LogP contribution in [0.1, 0.15) is 17.6 Å². The van der Waals surface area contributed by atoms with Crippen LogP contribution < -0.4 is 10.2 Å². The van der Waals surface area contributed by atoms with E-state index in [0.717, 1.165) is 28.3 Å². The minimum absolute atomic E-state index is 0.674. The average Bonchev–Trinajstić information content (AvgIpc) is 3.06. The van der Waals surface area contributed by atoms with Gasteiger partial charge in [0.1, 0.15) is 16.4 Å². The molecule has 3 rings (SSSR count). The Hall–Kier alpha value is -2.08. The lowest BCUT2D eigenvalue weighted by Crippen LogP contribution is -2.18. The average molecular weight is 302 g/mol. The highest BCUT2D eigenvalue weighted by Gasteiger charge is 2.14. The maximum absolute atomic E-state index is 5.42. The van der Waals surface area contributed by atoms with Gasteiger partial charge in [0.25, 0.3) is 0 Å². The third kappa shape index (κ3) is 2.85. The Labute approximate surface area is 127 Å². The molecular weight excluding hydrogens is 284 g/mol. The number of nitrogens with one attached hydrogen (secondary N) is 1. The molecule has 0 radical (unpaired) electrons. The van der Waals surface area contributed by atoms with Gasteiger partial charge in [-0.1, -0.05) is 0 Å². The number of aryl methyl sites for hydroxylation is 1. The number of nitrogens with zero attached hydrogens (tertiary/aromatic N) is 3. The second kappa shape index (κ2) is 5.73. The monoisotopic (exact) mass is 302 g/mol. The first-order chi connectivity index (χ1) is 10.2. The van der Waals surface area contributed by atoms with Crippen LogP contribution in [-0.4, -0.2) is 23.6 Å². The molecule has 0 aliphatic carbocycles. The molecule has 0 aliphatic rings. The minimum atomic E-state index is 0.674. The topological polar surface area (TPSA) is 54.2 Å². The van der Waals surface area contributed by atoms with E-state index in [2.05, 4.69) is 33.2 Å². The highest BCUT2D eigenvalue weighted by Crippen LogP contribution is 2.31. The second-order valence-corrected chi connectivity index (χ2v) is 6.15. The zero-order valence-corrected chi connectivity index (χ0v) is 13.2. The number of fused-ring (bicyclic) bond motifs is 1. The van der Waals surface area contributed by atoms with Crippen LogP contribution in [0.15, 0.2) is 28.9 Å². The van der Waals surface area contributed by atoms with E-state index in [0.29, 0.717) is 12.5 Å². The van der Waals surface area contributed by atoms with Crippen molar-refractivity contribution in [3.8, 4) is 0 Å². The summed E-state index contributed by atoms with van der Waals surface area (Å²) in [7, 11) is 2.02. The van der Waals surface area contributed by atoms with Crippen LogP contribution in [0, 0.1) is 6.92 Å². The molecule has 0 fully saturated rings. The van der Waals surface area contributed by atoms with Gasteiger partial charge in [0.05, 0.1) is 18.2 Å². The fourth-order valence-corrected chi connectivity index (χ4v) is 3.14. The van der Waals surface area contributed by atoms with E-state index in [4.69, 9.17) is 4.42 Å². The van der Waals surface area contributed by atoms with Crippen molar-refractivity contribution in [3.05, 3.63) is 35.1 Å². The molecule has 21 heavy (non-hydrogen) atoms. The zero-order valence-electron chi connectivity index (χ0n) is 12.4. The molecule has 0 aromatic carbocycles. The smallest absolute Gasteiger partial charge is 0.226 e. The SMILES string of the molecule is CCNc1nc(N(C)Cc2ccco2)c2cc(C)sc2n1. The molecule has 0 spiro atoms. The van der Waals surface area contributed by atoms with E-state index in [1.54, 1.807) is 17.6 Å². The molecule has 3 aromatic heterocycles. The number of anilines is 2. The van der Waals surface area contributed by atoms with Gasteiger partial charge in [-0.25, -0.2) is 4.98 Å². The Bertz CT molecular complexity index is 736. The molecule has 0 saturated heterocycles. The number of hydrogen-bond donors (Lipinski definition) is 1. The summed E-state index contributed by atoms with van der Waals surface area (Å²) in [4.78, 5) is 13.6. The largest absolute Gasteiger partial charge is 0.467 e. The van der Waals surface area contributed by atoms with Gasteiger partial charge in [-0.3, -0.25) is 0 Å². The maximum Gasteiger partial charge on any atom is 0.226 e. The zero-order chi connectivity index (χ0) is 14.8. The lowest BCUT2D eigenvalue weighted by atomic mass is 10.3. The van der Waals surface area contributed by atoms with Gasteiger partial charge < -0.3 is 14.6 Å². The van der Waals surface area contributed by atoms with Crippen molar-refractivity contribution in [1.82, 2.24) is 9.97 Å². The second-order valence-electron chi connectivity index (χ2n) is 4.91. The fourth-order valence-electron chi connectivity index (χ4n) is 2.27. The Kier molecular flexibility index (Phi) is 3.79. The van der Waals surface area contributed by atoms with Gasteiger partial charge in [-0.05, 0) is 32.0 Å². The lowest BCUT2D eigenvalue weighted by Gasteiger charge is -2.18. The summed E-state index contributed by atoms with van der Waals surface area (Å²) in [6.07, 6.45) is 1.69. The van der Waals surface area contributed by atoms with Crippen LogP contribution in [0.2, 0.25) is 0 Å². The molecule has 0 saturated carbocycles. The quantitative estimate of drug-likeness (QED) is 0.779. The predicted molar refractivity (Wildman–Crippen MR) is 87.1 cm³/mol. The molecule has 0 aliphatic heterocycles. The van der Waals surface area contributed by atoms with Gasteiger partial charge in [0, 0.05) is 18.5 Å². The summed E-state index contributed by atoms with van der Waals surface area (Å²) in [6.45, 7) is 5.62. The van der Waals surface area contributed by atoms with Crippen molar-refractivity contribution in [2.75, 3.05) is 23.8 Å². The molecule has 6 heteroatoms. The number of aromatic nitrogens is 2. The van der Waals surface area contributed by atoms with E-state index < -0.39 is 0 Å². The first kappa shape index (κ1) is 13.9. The van der Waals surface area contributed by atoms with Crippen LogP contribution in [0.4, 0.5) is 11.8 Å². The standard InChI is InChI=1S/C15H18N4OS/c1-4-16-15-17-13(12-8-10(2)21-14(12)18-15)19(3)9-11-6-5-7-20-11/h5-8H,4,9H2,1-3H3,(H,16,17,18). The molecular formula is C15H18N4OS. The van der Waals surface area contributed by atoms with Gasteiger partial charge in [0.15, 0.2) is 0 Å². The molecule has 5 nitrogen and oxygen atoms in total. The summed E-state index contributed by atoms with van der Waals surface area (Å²) < 4.78 is 5.42. The molecule has 1 N–H and O–H groups in total. The Balaban J connectivity index is 2.01. The number of rotatable bonds is 5. The van der Waals surface area contributed by atoms with Gasteiger partial charge >= 0.3 is 0 Å². The Morgan fingerprint density at radius 3 is 2.95 bits per heavy atom. The molecule has 0 bridgehead atoms. The van der Waals surface area contributed by atoms with E-state index >= 15 is 0 Å². The number of furan rings is 1. The van der Waals surface area contributed by atoms with Crippen molar-refractivity contribution < 1.29 is 4.42 Å². The van der Waals surface area contributed by atoms with E-state index in [-0.39, 0.29) is 0 Å². The molecule has 0 atom stereocenters. The van der Waals surface area contributed by atoms with Gasteiger partial charge in [-0.2, -0.15) is 4.98 Å². The summed E-state index contributed by atoms with van der Waals surface area (Å²) in [5.74, 6) is 2.52. The van der Waals surface area contributed by atoms with Crippen molar-refractivity contribution in [1.29, 1.82) is 0 Å². The third-order valence-corrected chi connectivity index (χ3v) is 4.11. The maximum atomic E-state index is 5.42. The van der Waals surface area contributed by atoms with Gasteiger partial charge in [0.2, 0.25) is 5.95 Å². The van der Waals surface area contributed by atoms with E-state index in [1.165, 1.54) is 4.88 Å². The molecule has 3 aromatic rings. The summed E-state index contributed by atoms with van der Waals surface area (Å²) in [6, 6.07) is 6.01. The fraction of sp³-hybridized carbons (Fsp3) is 0.333. The summed E-state index contributed by atoms with van der Waals surface area (Å²) >= 11 is 1.69. The molecule has 110 valence electrons. The highest BCUT2D eigenvalue weighted by molar-refractivity contribution is 7.18. The summed E-state index contributed by atoms with van der Waals surface area (Å²) in [5.41, 5.74) is 0. The first-order valence-electron chi connectivity index (χ1n) is 6.93. The van der Waals surface area contributed by atoms with Crippen LogP contribution in [-0.2, 0) is 6.54 Å².